The molecule has 4 atom stereocenters. The predicted molar refractivity (Wildman–Crippen MR) is 56.8 cm³/mol. The molecule has 6 heteroatoms. The van der Waals surface area contributed by atoms with E-state index >= 15 is 0 Å². The number of nitrogens with zero attached hydrogens (tertiary/aromatic N) is 2. The van der Waals surface area contributed by atoms with E-state index in [0.29, 0.717) is 0 Å². The molecule has 0 aromatic carbocycles. The molecule has 1 aliphatic rings. The molecule has 0 N–H and O–H groups in total. The van der Waals surface area contributed by atoms with Gasteiger partial charge in [-0.25, -0.2) is 0 Å². The summed E-state index contributed by atoms with van der Waals surface area (Å²) in [5.74, 6) is -1.28. The van der Waals surface area contributed by atoms with Gasteiger partial charge >= 0.3 is 0 Å². The van der Waals surface area contributed by atoms with Crippen molar-refractivity contribution in [3.8, 4) is 12.1 Å². The second-order valence-corrected chi connectivity index (χ2v) is 5.10. The second-order valence-electron chi connectivity index (χ2n) is 3.09. The molecule has 1 saturated carbocycles. The lowest BCUT2D eigenvalue weighted by Gasteiger charge is -2.37. The van der Waals surface area contributed by atoms with Crippen molar-refractivity contribution < 1.29 is 0 Å². The van der Waals surface area contributed by atoms with Gasteiger partial charge < -0.3 is 0 Å². The number of halogens is 4. The Labute approximate surface area is 102 Å². The zero-order chi connectivity index (χ0) is 10.9. The van der Waals surface area contributed by atoms with E-state index in [2.05, 4.69) is 0 Å². The topological polar surface area (TPSA) is 47.6 Å². The fourth-order valence-corrected chi connectivity index (χ4v) is 3.13. The van der Waals surface area contributed by atoms with Crippen LogP contribution >= 0.6 is 46.4 Å². The zero-order valence-corrected chi connectivity index (χ0v) is 9.89. The molecule has 0 heterocycles. The van der Waals surface area contributed by atoms with Gasteiger partial charge in [0, 0.05) is 0 Å². The standard InChI is InChI=1S/C8H6Cl4N2/c9-5-3(1-13)6(10)8(12)7(11)4(5)2-14/h3-8H. The normalized spacial score (nSPS) is 47.9. The number of hydrogen-bond acceptors (Lipinski definition) is 2. The fraction of sp³-hybridized carbons (Fsp3) is 0.750. The molecule has 0 aliphatic heterocycles. The van der Waals surface area contributed by atoms with Gasteiger partial charge in [0.05, 0.1) is 45.5 Å². The highest BCUT2D eigenvalue weighted by atomic mass is 35.5. The molecule has 1 aliphatic carbocycles. The van der Waals surface area contributed by atoms with E-state index in [1.807, 2.05) is 12.1 Å². The molecule has 4 unspecified atom stereocenters. The SMILES string of the molecule is N#CC1C(Cl)C(Cl)C(Cl)C(C#N)C1Cl. The third kappa shape index (κ3) is 1.90. The molecule has 14 heavy (non-hydrogen) atoms. The molecule has 1 rings (SSSR count). The quantitative estimate of drug-likeness (QED) is 0.636. The smallest absolute Gasteiger partial charge is 0.0818 e. The van der Waals surface area contributed by atoms with E-state index in [9.17, 15) is 0 Å². The van der Waals surface area contributed by atoms with E-state index < -0.39 is 33.3 Å². The maximum atomic E-state index is 8.82. The number of hydrogen-bond donors (Lipinski definition) is 0. The molecule has 76 valence electrons. The Morgan fingerprint density at radius 3 is 1.29 bits per heavy atom. The highest BCUT2D eigenvalue weighted by molar-refractivity contribution is 6.36. The minimum Gasteiger partial charge on any atom is -0.198 e. The largest absolute Gasteiger partial charge is 0.198 e. The first-order valence-corrected chi connectivity index (χ1v) is 5.64. The molecular weight excluding hydrogens is 266 g/mol. The van der Waals surface area contributed by atoms with Gasteiger partial charge in [-0.3, -0.25) is 0 Å². The molecule has 0 spiro atoms. The maximum Gasteiger partial charge on any atom is 0.0818 e. The summed E-state index contributed by atoms with van der Waals surface area (Å²) in [5, 5.41) is 15.1. The Hall–Kier alpha value is 0.140. The highest BCUT2D eigenvalue weighted by Gasteiger charge is 2.48. The summed E-state index contributed by atoms with van der Waals surface area (Å²) in [6, 6.07) is 3.92. The van der Waals surface area contributed by atoms with Crippen molar-refractivity contribution in [2.24, 2.45) is 11.8 Å². The Morgan fingerprint density at radius 2 is 1.00 bits per heavy atom. The van der Waals surface area contributed by atoms with Crippen LogP contribution in [0.15, 0.2) is 0 Å². The van der Waals surface area contributed by atoms with Crippen molar-refractivity contribution >= 4 is 46.4 Å². The van der Waals surface area contributed by atoms with Gasteiger partial charge in [0.2, 0.25) is 0 Å². The maximum absolute atomic E-state index is 8.82. The van der Waals surface area contributed by atoms with Gasteiger partial charge in [0.15, 0.2) is 0 Å². The Kier molecular flexibility index (Phi) is 4.16. The predicted octanol–water partition coefficient (Wildman–Crippen LogP) is 2.71. The molecule has 0 radical (unpaired) electrons. The summed E-state index contributed by atoms with van der Waals surface area (Å²) in [5.41, 5.74) is 0. The molecule has 0 saturated heterocycles. The van der Waals surface area contributed by atoms with Crippen LogP contribution in [0.25, 0.3) is 0 Å². The van der Waals surface area contributed by atoms with Crippen molar-refractivity contribution in [2.75, 3.05) is 0 Å². The van der Waals surface area contributed by atoms with Gasteiger partial charge in [-0.1, -0.05) is 0 Å². The van der Waals surface area contributed by atoms with Crippen molar-refractivity contribution in [3.05, 3.63) is 0 Å². The van der Waals surface area contributed by atoms with Crippen LogP contribution < -0.4 is 0 Å². The van der Waals surface area contributed by atoms with Crippen LogP contribution in [0, 0.1) is 34.5 Å². The summed E-state index contributed by atoms with van der Waals surface area (Å²) < 4.78 is 0. The van der Waals surface area contributed by atoms with Gasteiger partial charge in [-0.05, 0) is 0 Å². The molecule has 1 fully saturated rings. The fourth-order valence-electron chi connectivity index (χ4n) is 1.43. The number of rotatable bonds is 0. The third-order valence-electron chi connectivity index (χ3n) is 2.28. The van der Waals surface area contributed by atoms with Crippen LogP contribution in [-0.4, -0.2) is 21.5 Å². The lowest BCUT2D eigenvalue weighted by molar-refractivity contribution is 0.390. The van der Waals surface area contributed by atoms with Crippen LogP contribution in [0.5, 0.6) is 0 Å². The average molecular weight is 272 g/mol. The molecule has 0 aromatic rings. The second kappa shape index (κ2) is 4.77. The first kappa shape index (κ1) is 12.2. The molecule has 0 bridgehead atoms. The first-order chi connectivity index (χ1) is 6.54. The lowest BCUT2D eigenvalue weighted by Crippen LogP contribution is -2.49. The van der Waals surface area contributed by atoms with Crippen molar-refractivity contribution in [2.45, 2.75) is 21.5 Å². The van der Waals surface area contributed by atoms with Gasteiger partial charge in [-0.15, -0.1) is 46.4 Å². The van der Waals surface area contributed by atoms with Gasteiger partial charge in [-0.2, -0.15) is 10.5 Å². The van der Waals surface area contributed by atoms with Crippen molar-refractivity contribution in [3.63, 3.8) is 0 Å². The number of alkyl halides is 4. The van der Waals surface area contributed by atoms with Gasteiger partial charge in [0.1, 0.15) is 0 Å². The van der Waals surface area contributed by atoms with E-state index in [4.69, 9.17) is 56.9 Å². The Balaban J connectivity index is 2.97. The third-order valence-corrected chi connectivity index (χ3v) is 4.71. The Bertz CT molecular complexity index is 267. The van der Waals surface area contributed by atoms with Crippen LogP contribution in [0.2, 0.25) is 0 Å². The number of nitriles is 2. The summed E-state index contributed by atoms with van der Waals surface area (Å²) in [7, 11) is 0. The van der Waals surface area contributed by atoms with Crippen LogP contribution in [0.3, 0.4) is 0 Å². The van der Waals surface area contributed by atoms with Crippen molar-refractivity contribution in [1.29, 1.82) is 10.5 Å². The Morgan fingerprint density at radius 1 is 0.643 bits per heavy atom. The molecular formula is C8H6Cl4N2. The summed E-state index contributed by atoms with van der Waals surface area (Å²) in [6.45, 7) is 0. The average Bonchev–Trinajstić information content (AvgIpc) is 2.16. The van der Waals surface area contributed by atoms with Crippen molar-refractivity contribution in [1.82, 2.24) is 0 Å². The van der Waals surface area contributed by atoms with E-state index in [0.717, 1.165) is 0 Å². The molecule has 0 aromatic heterocycles. The summed E-state index contributed by atoms with van der Waals surface area (Å²) >= 11 is 23.7. The van der Waals surface area contributed by atoms with E-state index in [1.165, 1.54) is 0 Å². The highest BCUT2D eigenvalue weighted by Crippen LogP contribution is 2.41. The summed E-state index contributed by atoms with van der Waals surface area (Å²) in [4.78, 5) is 0. The van der Waals surface area contributed by atoms with E-state index in [1.54, 1.807) is 0 Å². The summed E-state index contributed by atoms with van der Waals surface area (Å²) in [6.07, 6.45) is 0. The van der Waals surface area contributed by atoms with Crippen LogP contribution in [0.4, 0.5) is 0 Å². The van der Waals surface area contributed by atoms with Crippen LogP contribution in [-0.2, 0) is 0 Å². The first-order valence-electron chi connectivity index (χ1n) is 3.90. The van der Waals surface area contributed by atoms with Crippen LogP contribution in [0.1, 0.15) is 0 Å². The lowest BCUT2D eigenvalue weighted by atomic mass is 9.81. The van der Waals surface area contributed by atoms with E-state index in [-0.39, 0.29) is 0 Å². The molecule has 2 nitrogen and oxygen atoms in total. The minimum atomic E-state index is -0.662. The molecule has 0 amide bonds. The van der Waals surface area contributed by atoms with Gasteiger partial charge in [0.25, 0.3) is 0 Å². The monoisotopic (exact) mass is 270 g/mol. The zero-order valence-electron chi connectivity index (χ0n) is 6.87. The minimum absolute atomic E-state index is 0.609.